The van der Waals surface area contributed by atoms with Crippen LogP contribution in [-0.2, 0) is 6.42 Å². The van der Waals surface area contributed by atoms with Crippen molar-refractivity contribution in [2.24, 2.45) is 0 Å². The fourth-order valence-corrected chi connectivity index (χ4v) is 3.09. The van der Waals surface area contributed by atoms with Crippen LogP contribution in [-0.4, -0.2) is 54.1 Å². The number of benzene rings is 1. The molecule has 0 bridgehead atoms. The fourth-order valence-electron chi connectivity index (χ4n) is 3.09. The minimum Gasteiger partial charge on any atom is -0.318 e. The molecular formula is C18H23F2N3. The van der Waals surface area contributed by atoms with E-state index in [0.717, 1.165) is 57.3 Å². The first-order valence-electron chi connectivity index (χ1n) is 8.16. The van der Waals surface area contributed by atoms with Gasteiger partial charge in [-0.2, -0.15) is 0 Å². The molecule has 1 aliphatic heterocycles. The number of likely N-dealkylation sites (N-methyl/N-ethyl adjacent to an activating group) is 1. The SMILES string of the molecule is CN1CCN(CCCc2cccn2-c2ccc(F)cc2F)CC1. The summed E-state index contributed by atoms with van der Waals surface area (Å²) >= 11 is 0. The van der Waals surface area contributed by atoms with Crippen molar-refractivity contribution in [3.8, 4) is 5.69 Å². The second-order valence-corrected chi connectivity index (χ2v) is 6.21. The standard InChI is InChI=1S/C18H23F2N3/c1-21-10-12-22(13-11-21)8-2-4-16-5-3-9-23(16)18-7-6-15(19)14-17(18)20/h3,5-7,9,14H,2,4,8,10-13H2,1H3. The summed E-state index contributed by atoms with van der Waals surface area (Å²) in [4.78, 5) is 4.82. The Labute approximate surface area is 136 Å². The van der Waals surface area contributed by atoms with Crippen LogP contribution in [0.2, 0.25) is 0 Å². The highest BCUT2D eigenvalue weighted by Crippen LogP contribution is 2.18. The molecule has 1 aliphatic rings. The van der Waals surface area contributed by atoms with E-state index in [1.54, 1.807) is 0 Å². The molecule has 1 saturated heterocycles. The minimum atomic E-state index is -0.546. The summed E-state index contributed by atoms with van der Waals surface area (Å²) in [5, 5.41) is 0. The number of halogens is 2. The molecule has 3 nitrogen and oxygen atoms in total. The number of hydrogen-bond acceptors (Lipinski definition) is 2. The third kappa shape index (κ3) is 3.98. The quantitative estimate of drug-likeness (QED) is 0.839. The van der Waals surface area contributed by atoms with E-state index in [9.17, 15) is 8.78 Å². The van der Waals surface area contributed by atoms with Gasteiger partial charge in [0.05, 0.1) is 5.69 Å². The van der Waals surface area contributed by atoms with Crippen LogP contribution in [0, 0.1) is 11.6 Å². The zero-order valence-corrected chi connectivity index (χ0v) is 13.5. The Balaban J connectivity index is 1.60. The van der Waals surface area contributed by atoms with Gasteiger partial charge in [0.15, 0.2) is 0 Å². The summed E-state index contributed by atoms with van der Waals surface area (Å²) in [6, 6.07) is 7.64. The normalized spacial score (nSPS) is 16.8. The smallest absolute Gasteiger partial charge is 0.150 e. The van der Waals surface area contributed by atoms with E-state index in [1.165, 1.54) is 12.1 Å². The van der Waals surface area contributed by atoms with E-state index in [1.807, 2.05) is 22.9 Å². The molecule has 3 rings (SSSR count). The highest BCUT2D eigenvalue weighted by Gasteiger charge is 2.14. The number of hydrogen-bond donors (Lipinski definition) is 0. The number of aryl methyl sites for hydroxylation is 1. The Morgan fingerprint density at radius 3 is 2.57 bits per heavy atom. The molecule has 0 spiro atoms. The van der Waals surface area contributed by atoms with Crippen molar-refractivity contribution in [3.05, 3.63) is 53.9 Å². The van der Waals surface area contributed by atoms with Crippen LogP contribution in [0.25, 0.3) is 5.69 Å². The number of rotatable bonds is 5. The largest absolute Gasteiger partial charge is 0.318 e. The molecule has 1 aromatic heterocycles. The Kier molecular flexibility index (Phi) is 5.08. The van der Waals surface area contributed by atoms with Crippen LogP contribution >= 0.6 is 0 Å². The molecule has 0 N–H and O–H groups in total. The first kappa shape index (κ1) is 16.1. The summed E-state index contributed by atoms with van der Waals surface area (Å²) in [6.45, 7) is 5.54. The van der Waals surface area contributed by atoms with Crippen molar-refractivity contribution in [1.82, 2.24) is 14.4 Å². The lowest BCUT2D eigenvalue weighted by Crippen LogP contribution is -2.44. The van der Waals surface area contributed by atoms with Crippen molar-refractivity contribution in [1.29, 1.82) is 0 Å². The Hall–Kier alpha value is -1.72. The molecule has 0 aliphatic carbocycles. The summed E-state index contributed by atoms with van der Waals surface area (Å²) < 4.78 is 28.9. The molecule has 0 amide bonds. The van der Waals surface area contributed by atoms with Gasteiger partial charge < -0.3 is 14.4 Å². The predicted molar refractivity (Wildman–Crippen MR) is 87.9 cm³/mol. The average Bonchev–Trinajstić information content (AvgIpc) is 2.97. The third-order valence-electron chi connectivity index (χ3n) is 4.51. The molecule has 23 heavy (non-hydrogen) atoms. The molecule has 0 atom stereocenters. The first-order valence-corrected chi connectivity index (χ1v) is 8.16. The van der Waals surface area contributed by atoms with E-state index in [2.05, 4.69) is 16.8 Å². The second kappa shape index (κ2) is 7.23. The maximum Gasteiger partial charge on any atom is 0.150 e. The van der Waals surface area contributed by atoms with Gasteiger partial charge in [-0.25, -0.2) is 8.78 Å². The summed E-state index contributed by atoms with van der Waals surface area (Å²) in [6.07, 6.45) is 3.76. The molecule has 2 heterocycles. The summed E-state index contributed by atoms with van der Waals surface area (Å²) in [5.74, 6) is -1.07. The Morgan fingerprint density at radius 2 is 1.83 bits per heavy atom. The molecule has 0 radical (unpaired) electrons. The molecule has 0 saturated carbocycles. The lowest BCUT2D eigenvalue weighted by Gasteiger charge is -2.32. The Bertz CT molecular complexity index is 645. The molecule has 124 valence electrons. The highest BCUT2D eigenvalue weighted by atomic mass is 19.1. The highest BCUT2D eigenvalue weighted by molar-refractivity contribution is 5.36. The van der Waals surface area contributed by atoms with Gasteiger partial charge in [0.25, 0.3) is 0 Å². The van der Waals surface area contributed by atoms with Crippen LogP contribution < -0.4 is 0 Å². The Morgan fingerprint density at radius 1 is 1.04 bits per heavy atom. The average molecular weight is 319 g/mol. The van der Waals surface area contributed by atoms with E-state index in [4.69, 9.17) is 0 Å². The molecule has 2 aromatic rings. The third-order valence-corrected chi connectivity index (χ3v) is 4.51. The second-order valence-electron chi connectivity index (χ2n) is 6.21. The first-order chi connectivity index (χ1) is 11.1. The van der Waals surface area contributed by atoms with Gasteiger partial charge in [-0.05, 0) is 50.7 Å². The van der Waals surface area contributed by atoms with Crippen LogP contribution in [0.15, 0.2) is 36.5 Å². The molecule has 0 unspecified atom stereocenters. The van der Waals surface area contributed by atoms with Crippen molar-refractivity contribution >= 4 is 0 Å². The van der Waals surface area contributed by atoms with Gasteiger partial charge in [-0.15, -0.1) is 0 Å². The predicted octanol–water partition coefficient (Wildman–Crippen LogP) is 2.94. The van der Waals surface area contributed by atoms with Crippen molar-refractivity contribution < 1.29 is 8.78 Å². The number of nitrogens with zero attached hydrogens (tertiary/aromatic N) is 3. The maximum atomic E-state index is 14.0. The van der Waals surface area contributed by atoms with Gasteiger partial charge in [0.1, 0.15) is 11.6 Å². The van der Waals surface area contributed by atoms with Crippen LogP contribution in [0.5, 0.6) is 0 Å². The zero-order valence-electron chi connectivity index (χ0n) is 13.5. The van der Waals surface area contributed by atoms with Crippen LogP contribution in [0.3, 0.4) is 0 Å². The molecular weight excluding hydrogens is 296 g/mol. The van der Waals surface area contributed by atoms with Crippen LogP contribution in [0.4, 0.5) is 8.78 Å². The van der Waals surface area contributed by atoms with Gasteiger partial charge in [-0.3, -0.25) is 0 Å². The monoisotopic (exact) mass is 319 g/mol. The summed E-state index contributed by atoms with van der Waals surface area (Å²) in [7, 11) is 2.15. The molecule has 1 aromatic carbocycles. The summed E-state index contributed by atoms with van der Waals surface area (Å²) in [5.41, 5.74) is 1.47. The molecule has 1 fully saturated rings. The van der Waals surface area contributed by atoms with Crippen molar-refractivity contribution in [3.63, 3.8) is 0 Å². The van der Waals surface area contributed by atoms with Gasteiger partial charge >= 0.3 is 0 Å². The van der Waals surface area contributed by atoms with Gasteiger partial charge in [0, 0.05) is 44.1 Å². The van der Waals surface area contributed by atoms with E-state index < -0.39 is 11.6 Å². The minimum absolute atomic E-state index is 0.408. The lowest BCUT2D eigenvalue weighted by molar-refractivity contribution is 0.153. The lowest BCUT2D eigenvalue weighted by atomic mass is 10.2. The molecule has 5 heteroatoms. The number of aromatic nitrogens is 1. The maximum absolute atomic E-state index is 14.0. The van der Waals surface area contributed by atoms with Crippen molar-refractivity contribution in [2.45, 2.75) is 12.8 Å². The van der Waals surface area contributed by atoms with E-state index in [-0.39, 0.29) is 0 Å². The van der Waals surface area contributed by atoms with Gasteiger partial charge in [0.2, 0.25) is 0 Å². The van der Waals surface area contributed by atoms with E-state index in [0.29, 0.717) is 5.69 Å². The topological polar surface area (TPSA) is 11.4 Å². The van der Waals surface area contributed by atoms with Crippen LogP contribution in [0.1, 0.15) is 12.1 Å². The van der Waals surface area contributed by atoms with Crippen molar-refractivity contribution in [2.75, 3.05) is 39.8 Å². The van der Waals surface area contributed by atoms with E-state index >= 15 is 0 Å². The van der Waals surface area contributed by atoms with Gasteiger partial charge in [-0.1, -0.05) is 0 Å². The number of piperazine rings is 1. The zero-order chi connectivity index (χ0) is 16.2. The fraction of sp³-hybridized carbons (Fsp3) is 0.444.